The van der Waals surface area contributed by atoms with Crippen LogP contribution in [-0.4, -0.2) is 36.5 Å². The predicted octanol–water partition coefficient (Wildman–Crippen LogP) is 1.62. The number of amides is 1. The summed E-state index contributed by atoms with van der Waals surface area (Å²) in [5.41, 5.74) is 6.14. The van der Waals surface area contributed by atoms with Gasteiger partial charge in [-0.15, -0.1) is 0 Å². The Morgan fingerprint density at radius 2 is 2.16 bits per heavy atom. The van der Waals surface area contributed by atoms with Crippen molar-refractivity contribution < 1.29 is 9.18 Å². The molecule has 1 amide bonds. The average Bonchev–Trinajstić information content (AvgIpc) is 2.89. The fraction of sp³-hybridized carbons (Fsp3) is 0.500. The van der Waals surface area contributed by atoms with Crippen molar-refractivity contribution in [2.45, 2.75) is 25.8 Å². The smallest absolute Gasteiger partial charge is 0.253 e. The summed E-state index contributed by atoms with van der Waals surface area (Å²) in [5, 5.41) is 2.85. The van der Waals surface area contributed by atoms with Crippen LogP contribution in [0.2, 0.25) is 0 Å². The first-order valence-electron chi connectivity index (χ1n) is 6.65. The van der Waals surface area contributed by atoms with Gasteiger partial charge in [0.15, 0.2) is 0 Å². The van der Waals surface area contributed by atoms with E-state index in [-0.39, 0.29) is 11.6 Å². The maximum Gasteiger partial charge on any atom is 0.253 e. The summed E-state index contributed by atoms with van der Waals surface area (Å²) < 4.78 is 12.9. The highest BCUT2D eigenvalue weighted by Crippen LogP contribution is 2.14. The first kappa shape index (κ1) is 13.8. The summed E-state index contributed by atoms with van der Waals surface area (Å²) in [7, 11) is 0. The van der Waals surface area contributed by atoms with Crippen molar-refractivity contribution in [3.8, 4) is 0 Å². The highest BCUT2D eigenvalue weighted by molar-refractivity contribution is 5.99. The Bertz CT molecular complexity index is 458. The van der Waals surface area contributed by atoms with Crippen LogP contribution in [0.1, 0.15) is 30.1 Å². The Morgan fingerprint density at radius 1 is 1.47 bits per heavy atom. The van der Waals surface area contributed by atoms with Crippen molar-refractivity contribution in [3.63, 3.8) is 0 Å². The maximum absolute atomic E-state index is 12.9. The Labute approximate surface area is 112 Å². The van der Waals surface area contributed by atoms with E-state index in [0.29, 0.717) is 18.2 Å². The van der Waals surface area contributed by atoms with E-state index < -0.39 is 5.82 Å². The second kappa shape index (κ2) is 6.02. The van der Waals surface area contributed by atoms with Crippen LogP contribution in [0.5, 0.6) is 0 Å². The van der Waals surface area contributed by atoms with Gasteiger partial charge in [0, 0.05) is 18.3 Å². The number of nitrogens with one attached hydrogen (secondary N) is 1. The van der Waals surface area contributed by atoms with Gasteiger partial charge in [0.1, 0.15) is 5.82 Å². The van der Waals surface area contributed by atoms with Crippen molar-refractivity contribution in [3.05, 3.63) is 29.6 Å². The Kier molecular flexibility index (Phi) is 4.37. The molecule has 1 atom stereocenters. The maximum atomic E-state index is 12.9. The fourth-order valence-corrected chi connectivity index (χ4v) is 2.39. The van der Waals surface area contributed by atoms with Crippen LogP contribution in [0.3, 0.4) is 0 Å². The molecule has 104 valence electrons. The lowest BCUT2D eigenvalue weighted by molar-refractivity contribution is 0.0941. The zero-order valence-corrected chi connectivity index (χ0v) is 11.2. The zero-order valence-electron chi connectivity index (χ0n) is 11.2. The molecule has 1 heterocycles. The molecule has 2 rings (SSSR count). The van der Waals surface area contributed by atoms with Gasteiger partial charge in [-0.25, -0.2) is 4.39 Å². The van der Waals surface area contributed by atoms with Crippen molar-refractivity contribution in [2.75, 3.05) is 25.4 Å². The first-order valence-corrected chi connectivity index (χ1v) is 6.65. The van der Waals surface area contributed by atoms with Gasteiger partial charge in [-0.05, 0) is 51.1 Å². The second-order valence-electron chi connectivity index (χ2n) is 5.03. The lowest BCUT2D eigenvalue weighted by Gasteiger charge is -2.23. The molecule has 1 fully saturated rings. The highest BCUT2D eigenvalue weighted by atomic mass is 19.1. The summed E-state index contributed by atoms with van der Waals surface area (Å²) >= 11 is 0. The minimum Gasteiger partial charge on any atom is -0.398 e. The first-order chi connectivity index (χ1) is 9.08. The summed E-state index contributed by atoms with van der Waals surface area (Å²) in [6, 6.07) is 4.14. The molecule has 4 nitrogen and oxygen atoms in total. The predicted molar refractivity (Wildman–Crippen MR) is 73.4 cm³/mol. The van der Waals surface area contributed by atoms with Crippen molar-refractivity contribution in [2.24, 2.45) is 0 Å². The molecule has 3 N–H and O–H groups in total. The number of rotatable bonds is 4. The topological polar surface area (TPSA) is 58.4 Å². The van der Waals surface area contributed by atoms with E-state index in [1.165, 1.54) is 31.0 Å². The molecule has 0 bridgehead atoms. The molecule has 19 heavy (non-hydrogen) atoms. The van der Waals surface area contributed by atoms with Gasteiger partial charge in [-0.3, -0.25) is 9.69 Å². The Balaban J connectivity index is 1.90. The number of nitrogen functional groups attached to an aromatic ring is 1. The Morgan fingerprint density at radius 3 is 2.79 bits per heavy atom. The van der Waals surface area contributed by atoms with Crippen LogP contribution in [0.4, 0.5) is 10.1 Å². The third kappa shape index (κ3) is 3.44. The minimum absolute atomic E-state index is 0.173. The van der Waals surface area contributed by atoms with Gasteiger partial charge < -0.3 is 11.1 Å². The lowest BCUT2D eigenvalue weighted by atomic mass is 10.1. The molecule has 0 saturated carbocycles. The SMILES string of the molecule is CC(CNC(=O)c1ccc(F)cc1N)N1CCCC1. The molecule has 1 saturated heterocycles. The number of hydrogen-bond acceptors (Lipinski definition) is 3. The van der Waals surface area contributed by atoms with E-state index >= 15 is 0 Å². The van der Waals surface area contributed by atoms with Gasteiger partial charge in [-0.1, -0.05) is 0 Å². The number of carbonyl (C=O) groups is 1. The quantitative estimate of drug-likeness (QED) is 0.813. The van der Waals surface area contributed by atoms with E-state index in [9.17, 15) is 9.18 Å². The van der Waals surface area contributed by atoms with Gasteiger partial charge in [0.2, 0.25) is 0 Å². The fourth-order valence-electron chi connectivity index (χ4n) is 2.39. The number of nitrogens with zero attached hydrogens (tertiary/aromatic N) is 1. The van der Waals surface area contributed by atoms with Gasteiger partial charge >= 0.3 is 0 Å². The third-order valence-electron chi connectivity index (χ3n) is 3.58. The number of carbonyl (C=O) groups excluding carboxylic acids is 1. The number of anilines is 1. The summed E-state index contributed by atoms with van der Waals surface area (Å²) in [5.74, 6) is -0.678. The summed E-state index contributed by atoms with van der Waals surface area (Å²) in [6.45, 7) is 4.86. The zero-order chi connectivity index (χ0) is 13.8. The van der Waals surface area contributed by atoms with E-state index in [1.54, 1.807) is 0 Å². The number of likely N-dealkylation sites (tertiary alicyclic amines) is 1. The van der Waals surface area contributed by atoms with Gasteiger partial charge in [-0.2, -0.15) is 0 Å². The number of benzene rings is 1. The van der Waals surface area contributed by atoms with E-state index in [2.05, 4.69) is 17.1 Å². The van der Waals surface area contributed by atoms with Crippen molar-refractivity contribution >= 4 is 11.6 Å². The number of hydrogen-bond donors (Lipinski definition) is 2. The summed E-state index contributed by atoms with van der Waals surface area (Å²) in [4.78, 5) is 14.3. The molecular weight excluding hydrogens is 245 g/mol. The monoisotopic (exact) mass is 265 g/mol. The summed E-state index contributed by atoms with van der Waals surface area (Å²) in [6.07, 6.45) is 2.45. The number of halogens is 1. The van der Waals surface area contributed by atoms with Crippen LogP contribution in [0.25, 0.3) is 0 Å². The highest BCUT2D eigenvalue weighted by Gasteiger charge is 2.19. The van der Waals surface area contributed by atoms with Crippen LogP contribution in [0.15, 0.2) is 18.2 Å². The van der Waals surface area contributed by atoms with Gasteiger partial charge in [0.05, 0.1) is 5.56 Å². The molecule has 0 radical (unpaired) electrons. The van der Waals surface area contributed by atoms with Crippen molar-refractivity contribution in [1.82, 2.24) is 10.2 Å². The molecule has 1 unspecified atom stereocenters. The minimum atomic E-state index is -0.431. The lowest BCUT2D eigenvalue weighted by Crippen LogP contribution is -2.40. The molecule has 1 aromatic carbocycles. The molecule has 1 aliphatic heterocycles. The molecule has 5 heteroatoms. The number of nitrogens with two attached hydrogens (primary N) is 1. The molecular formula is C14H20FN3O. The van der Waals surface area contributed by atoms with E-state index in [4.69, 9.17) is 5.73 Å². The largest absolute Gasteiger partial charge is 0.398 e. The molecule has 0 aliphatic carbocycles. The second-order valence-corrected chi connectivity index (χ2v) is 5.03. The molecule has 1 aliphatic rings. The third-order valence-corrected chi connectivity index (χ3v) is 3.58. The van der Waals surface area contributed by atoms with Gasteiger partial charge in [0.25, 0.3) is 5.91 Å². The van der Waals surface area contributed by atoms with Crippen LogP contribution in [0, 0.1) is 5.82 Å². The standard InChI is InChI=1S/C14H20FN3O/c1-10(18-6-2-3-7-18)9-17-14(19)12-5-4-11(15)8-13(12)16/h4-5,8,10H,2-3,6-7,9,16H2,1H3,(H,17,19). The molecule has 0 spiro atoms. The van der Waals surface area contributed by atoms with Crippen LogP contribution >= 0.6 is 0 Å². The van der Waals surface area contributed by atoms with Crippen molar-refractivity contribution in [1.29, 1.82) is 0 Å². The van der Waals surface area contributed by atoms with E-state index in [1.807, 2.05) is 0 Å². The average molecular weight is 265 g/mol. The van der Waals surface area contributed by atoms with Crippen LogP contribution in [-0.2, 0) is 0 Å². The molecule has 0 aromatic heterocycles. The Hall–Kier alpha value is -1.62. The van der Waals surface area contributed by atoms with Crippen LogP contribution < -0.4 is 11.1 Å². The normalized spacial score (nSPS) is 17.4. The van der Waals surface area contributed by atoms with E-state index in [0.717, 1.165) is 13.1 Å². The molecule has 1 aromatic rings.